The Hall–Kier alpha value is -2.43. The van der Waals surface area contributed by atoms with E-state index in [0.29, 0.717) is 5.52 Å². The van der Waals surface area contributed by atoms with Gasteiger partial charge in [-0.2, -0.15) is 0 Å². The van der Waals surface area contributed by atoms with E-state index in [2.05, 4.69) is 26.5 Å². The van der Waals surface area contributed by atoms with E-state index in [-0.39, 0.29) is 5.82 Å². The van der Waals surface area contributed by atoms with Gasteiger partial charge in [-0.3, -0.25) is 4.98 Å². The van der Waals surface area contributed by atoms with Crippen LogP contribution in [-0.4, -0.2) is 28.1 Å². The van der Waals surface area contributed by atoms with Crippen LogP contribution in [0.3, 0.4) is 0 Å². The van der Waals surface area contributed by atoms with Gasteiger partial charge in [0, 0.05) is 55.9 Å². The number of aromatic nitrogens is 3. The number of fused-ring (bicyclic) bond motifs is 1. The smallest absolute Gasteiger partial charge is 0.125 e. The number of imidazole rings is 1. The minimum atomic E-state index is -0.254. The van der Waals surface area contributed by atoms with Crippen molar-refractivity contribution in [2.24, 2.45) is 0 Å². The van der Waals surface area contributed by atoms with Crippen molar-refractivity contribution in [1.29, 1.82) is 0 Å². The lowest BCUT2D eigenvalue weighted by molar-refractivity contribution is 0.623. The Kier molecular flexibility index (Phi) is 4.04. The van der Waals surface area contributed by atoms with Crippen molar-refractivity contribution in [2.45, 2.75) is 19.9 Å². The molecule has 0 saturated carbocycles. The van der Waals surface area contributed by atoms with Gasteiger partial charge in [-0.15, -0.1) is 0 Å². The minimum Gasteiger partial charge on any atom is -0.374 e. The van der Waals surface area contributed by atoms with Crippen molar-refractivity contribution in [3.05, 3.63) is 54.5 Å². The van der Waals surface area contributed by atoms with E-state index in [1.807, 2.05) is 25.4 Å². The Morgan fingerprint density at radius 1 is 1.18 bits per heavy atom. The molecule has 4 nitrogen and oxygen atoms in total. The molecular formula is C17H19FN4. The second-order valence-corrected chi connectivity index (χ2v) is 5.43. The van der Waals surface area contributed by atoms with Crippen LogP contribution < -0.4 is 4.90 Å². The summed E-state index contributed by atoms with van der Waals surface area (Å²) in [6.45, 7) is 3.86. The molecule has 1 aromatic carbocycles. The Morgan fingerprint density at radius 2 is 2.05 bits per heavy atom. The molecule has 0 atom stereocenters. The van der Waals surface area contributed by atoms with Gasteiger partial charge in [0.2, 0.25) is 0 Å². The van der Waals surface area contributed by atoms with Gasteiger partial charge in [-0.1, -0.05) is 0 Å². The standard InChI is InChI=1S/C17H19FN4/c1-13-19-8-11-22(13)10-3-9-21(2)17-6-7-20-16-12-14(18)4-5-15(16)17/h4-8,11-12H,3,9-10H2,1-2H3. The molecule has 0 aliphatic heterocycles. The predicted octanol–water partition coefficient (Wildman–Crippen LogP) is 3.41. The molecule has 5 heteroatoms. The largest absolute Gasteiger partial charge is 0.374 e. The van der Waals surface area contributed by atoms with Gasteiger partial charge < -0.3 is 9.47 Å². The molecule has 22 heavy (non-hydrogen) atoms. The zero-order chi connectivity index (χ0) is 15.5. The van der Waals surface area contributed by atoms with Crippen LogP contribution in [0.4, 0.5) is 10.1 Å². The van der Waals surface area contributed by atoms with E-state index < -0.39 is 0 Å². The Labute approximate surface area is 129 Å². The average Bonchev–Trinajstić information content (AvgIpc) is 2.91. The summed E-state index contributed by atoms with van der Waals surface area (Å²) in [5, 5.41) is 0.977. The lowest BCUT2D eigenvalue weighted by atomic mass is 10.1. The number of hydrogen-bond acceptors (Lipinski definition) is 3. The summed E-state index contributed by atoms with van der Waals surface area (Å²) in [5.74, 6) is 0.780. The van der Waals surface area contributed by atoms with Gasteiger partial charge in [0.15, 0.2) is 0 Å². The summed E-state index contributed by atoms with van der Waals surface area (Å²) in [6.07, 6.45) is 6.57. The molecule has 114 valence electrons. The first-order chi connectivity index (χ1) is 10.6. The minimum absolute atomic E-state index is 0.254. The highest BCUT2D eigenvalue weighted by Gasteiger charge is 2.07. The highest BCUT2D eigenvalue weighted by molar-refractivity contribution is 5.91. The van der Waals surface area contributed by atoms with E-state index in [0.717, 1.165) is 36.4 Å². The summed E-state index contributed by atoms with van der Waals surface area (Å²) >= 11 is 0. The van der Waals surface area contributed by atoms with Crippen molar-refractivity contribution < 1.29 is 4.39 Å². The number of benzene rings is 1. The molecule has 0 fully saturated rings. The van der Waals surface area contributed by atoms with Crippen molar-refractivity contribution >= 4 is 16.6 Å². The zero-order valence-electron chi connectivity index (χ0n) is 12.8. The second kappa shape index (κ2) is 6.13. The SMILES string of the molecule is Cc1nccn1CCCN(C)c1ccnc2cc(F)ccc12. The number of aryl methyl sites for hydroxylation is 2. The molecule has 0 N–H and O–H groups in total. The van der Waals surface area contributed by atoms with Crippen LogP contribution in [-0.2, 0) is 6.54 Å². The fourth-order valence-corrected chi connectivity index (χ4v) is 2.68. The van der Waals surface area contributed by atoms with Crippen LogP contribution in [0.15, 0.2) is 42.9 Å². The van der Waals surface area contributed by atoms with E-state index >= 15 is 0 Å². The molecule has 2 aromatic heterocycles. The Bertz CT molecular complexity index is 781. The number of nitrogens with zero attached hydrogens (tertiary/aromatic N) is 4. The van der Waals surface area contributed by atoms with Crippen molar-refractivity contribution in [1.82, 2.24) is 14.5 Å². The molecular weight excluding hydrogens is 279 g/mol. The first-order valence-corrected chi connectivity index (χ1v) is 7.38. The van der Waals surface area contributed by atoms with E-state index in [1.54, 1.807) is 12.3 Å². The van der Waals surface area contributed by atoms with Crippen molar-refractivity contribution in [3.8, 4) is 0 Å². The molecule has 0 spiro atoms. The third-order valence-electron chi connectivity index (χ3n) is 3.91. The van der Waals surface area contributed by atoms with Gasteiger partial charge in [-0.25, -0.2) is 9.37 Å². The molecule has 0 radical (unpaired) electrons. The lowest BCUT2D eigenvalue weighted by Gasteiger charge is -2.21. The Balaban J connectivity index is 1.72. The number of hydrogen-bond donors (Lipinski definition) is 0. The first-order valence-electron chi connectivity index (χ1n) is 7.38. The lowest BCUT2D eigenvalue weighted by Crippen LogP contribution is -2.20. The highest BCUT2D eigenvalue weighted by atomic mass is 19.1. The zero-order valence-corrected chi connectivity index (χ0v) is 12.8. The highest BCUT2D eigenvalue weighted by Crippen LogP contribution is 2.25. The molecule has 0 aliphatic carbocycles. The molecule has 3 aromatic rings. The quantitative estimate of drug-likeness (QED) is 0.724. The second-order valence-electron chi connectivity index (χ2n) is 5.43. The average molecular weight is 298 g/mol. The summed E-state index contributed by atoms with van der Waals surface area (Å²) < 4.78 is 15.5. The number of pyridine rings is 1. The van der Waals surface area contributed by atoms with Gasteiger partial charge >= 0.3 is 0 Å². The predicted molar refractivity (Wildman–Crippen MR) is 86.6 cm³/mol. The van der Waals surface area contributed by atoms with Gasteiger partial charge in [0.1, 0.15) is 11.6 Å². The van der Waals surface area contributed by atoms with Crippen molar-refractivity contribution in [3.63, 3.8) is 0 Å². The van der Waals surface area contributed by atoms with Crippen LogP contribution in [0.2, 0.25) is 0 Å². The third kappa shape index (κ3) is 2.93. The summed E-state index contributed by atoms with van der Waals surface area (Å²) in [6, 6.07) is 6.73. The third-order valence-corrected chi connectivity index (χ3v) is 3.91. The van der Waals surface area contributed by atoms with Crippen LogP contribution >= 0.6 is 0 Å². The van der Waals surface area contributed by atoms with E-state index in [9.17, 15) is 4.39 Å². The molecule has 3 rings (SSSR count). The van der Waals surface area contributed by atoms with Crippen LogP contribution in [0.5, 0.6) is 0 Å². The maximum atomic E-state index is 13.3. The van der Waals surface area contributed by atoms with Crippen LogP contribution in [0.1, 0.15) is 12.2 Å². The molecule has 0 bridgehead atoms. The molecule has 0 aliphatic rings. The van der Waals surface area contributed by atoms with Crippen LogP contribution in [0.25, 0.3) is 10.9 Å². The summed E-state index contributed by atoms with van der Waals surface area (Å²) in [5.41, 5.74) is 1.77. The molecule has 0 saturated heterocycles. The monoisotopic (exact) mass is 298 g/mol. The maximum absolute atomic E-state index is 13.3. The van der Waals surface area contributed by atoms with E-state index in [4.69, 9.17) is 0 Å². The number of anilines is 1. The number of halogens is 1. The molecule has 0 amide bonds. The first kappa shape index (κ1) is 14.5. The number of rotatable bonds is 5. The maximum Gasteiger partial charge on any atom is 0.125 e. The fraction of sp³-hybridized carbons (Fsp3) is 0.294. The van der Waals surface area contributed by atoms with Crippen LogP contribution in [0, 0.1) is 12.7 Å². The van der Waals surface area contributed by atoms with Gasteiger partial charge in [0.05, 0.1) is 5.52 Å². The molecule has 2 heterocycles. The Morgan fingerprint density at radius 3 is 2.82 bits per heavy atom. The van der Waals surface area contributed by atoms with Gasteiger partial charge in [0.25, 0.3) is 0 Å². The van der Waals surface area contributed by atoms with Crippen molar-refractivity contribution in [2.75, 3.05) is 18.5 Å². The normalized spacial score (nSPS) is 11.0. The summed E-state index contributed by atoms with van der Waals surface area (Å²) in [7, 11) is 2.05. The topological polar surface area (TPSA) is 34.0 Å². The molecule has 0 unspecified atom stereocenters. The van der Waals surface area contributed by atoms with Gasteiger partial charge in [-0.05, 0) is 31.5 Å². The van der Waals surface area contributed by atoms with E-state index in [1.165, 1.54) is 12.1 Å². The fourth-order valence-electron chi connectivity index (χ4n) is 2.68. The summed E-state index contributed by atoms with van der Waals surface area (Å²) in [4.78, 5) is 10.7.